The highest BCUT2D eigenvalue weighted by Crippen LogP contribution is 2.18. The lowest BCUT2D eigenvalue weighted by molar-refractivity contribution is 0.188. The number of nitrogens with two attached hydrogens (primary N) is 1. The minimum absolute atomic E-state index is 0. The minimum Gasteiger partial charge on any atom is -0.357 e. The highest BCUT2D eigenvalue weighted by atomic mass is 127. The highest BCUT2D eigenvalue weighted by Gasteiger charge is 2.21. The van der Waals surface area contributed by atoms with Crippen LogP contribution in [0.1, 0.15) is 25.7 Å². The first-order valence-corrected chi connectivity index (χ1v) is 9.60. The minimum atomic E-state index is -0.369. The summed E-state index contributed by atoms with van der Waals surface area (Å²) in [6.07, 6.45) is 1.63. The standard InChI is InChI=1S/C18H24ClN7O2.HI/c1-2-21-18(23-14-7-9-26(10-8-14)17(20)27)22-11-15-24-16(25-28-15)12-3-5-13(19)6-4-12;/h3-6,14H,2,7-11H2,1H3,(H2,20,27)(H2,21,22,23);1H. The summed E-state index contributed by atoms with van der Waals surface area (Å²) in [5.74, 6) is 1.59. The predicted molar refractivity (Wildman–Crippen MR) is 122 cm³/mol. The van der Waals surface area contributed by atoms with Gasteiger partial charge < -0.3 is 25.8 Å². The molecule has 3 rings (SSSR count). The lowest BCUT2D eigenvalue weighted by Crippen LogP contribution is -2.50. The van der Waals surface area contributed by atoms with E-state index >= 15 is 0 Å². The van der Waals surface area contributed by atoms with Gasteiger partial charge in [0.2, 0.25) is 11.7 Å². The zero-order valence-corrected chi connectivity index (χ0v) is 19.2. The molecule has 0 unspecified atom stereocenters. The van der Waals surface area contributed by atoms with Crippen molar-refractivity contribution in [2.75, 3.05) is 19.6 Å². The Bertz CT molecular complexity index is 820. The number of aliphatic imine (C=N–C) groups is 1. The van der Waals surface area contributed by atoms with Crippen LogP contribution in [-0.4, -0.2) is 52.7 Å². The van der Waals surface area contributed by atoms with E-state index in [0.717, 1.165) is 24.9 Å². The van der Waals surface area contributed by atoms with Gasteiger partial charge in [0.15, 0.2) is 5.96 Å². The second kappa shape index (κ2) is 11.2. The van der Waals surface area contributed by atoms with Crippen LogP contribution in [0.4, 0.5) is 4.79 Å². The van der Waals surface area contributed by atoms with Crippen LogP contribution in [-0.2, 0) is 6.54 Å². The molecule has 0 atom stereocenters. The number of nitrogens with zero attached hydrogens (tertiary/aromatic N) is 4. The Labute approximate surface area is 191 Å². The van der Waals surface area contributed by atoms with Crippen LogP contribution in [0.5, 0.6) is 0 Å². The van der Waals surface area contributed by atoms with Gasteiger partial charge in [-0.15, -0.1) is 24.0 Å². The van der Waals surface area contributed by atoms with E-state index in [2.05, 4.69) is 25.8 Å². The van der Waals surface area contributed by atoms with E-state index in [1.807, 2.05) is 19.1 Å². The number of piperidine rings is 1. The maximum absolute atomic E-state index is 11.2. The number of guanidine groups is 1. The molecule has 0 bridgehead atoms. The summed E-state index contributed by atoms with van der Waals surface area (Å²) in [6, 6.07) is 7.09. The molecule has 2 amide bonds. The molecule has 4 N–H and O–H groups in total. The van der Waals surface area contributed by atoms with Gasteiger partial charge in [-0.2, -0.15) is 4.98 Å². The van der Waals surface area contributed by atoms with E-state index in [4.69, 9.17) is 21.9 Å². The molecule has 29 heavy (non-hydrogen) atoms. The topological polar surface area (TPSA) is 122 Å². The highest BCUT2D eigenvalue weighted by molar-refractivity contribution is 14.0. The summed E-state index contributed by atoms with van der Waals surface area (Å²) in [5, 5.41) is 11.2. The fourth-order valence-electron chi connectivity index (χ4n) is 2.94. The second-order valence-corrected chi connectivity index (χ2v) is 6.89. The first-order chi connectivity index (χ1) is 13.5. The van der Waals surface area contributed by atoms with Crippen molar-refractivity contribution in [3.63, 3.8) is 0 Å². The SMILES string of the molecule is CCNC(=NCc1nc(-c2ccc(Cl)cc2)no1)NC1CCN(C(N)=O)CC1.I. The maximum atomic E-state index is 11.2. The number of amides is 2. The van der Waals surface area contributed by atoms with Gasteiger partial charge >= 0.3 is 6.03 Å². The number of primary amides is 1. The average molecular weight is 534 g/mol. The van der Waals surface area contributed by atoms with E-state index in [0.29, 0.717) is 35.8 Å². The number of nitrogens with one attached hydrogen (secondary N) is 2. The van der Waals surface area contributed by atoms with E-state index in [1.165, 1.54) is 0 Å². The van der Waals surface area contributed by atoms with E-state index < -0.39 is 0 Å². The first kappa shape index (κ1) is 23.2. The Morgan fingerprint density at radius 3 is 2.66 bits per heavy atom. The third-order valence-corrected chi connectivity index (χ3v) is 4.69. The van der Waals surface area contributed by atoms with E-state index in [9.17, 15) is 4.79 Å². The van der Waals surface area contributed by atoms with E-state index in [1.54, 1.807) is 17.0 Å². The molecule has 158 valence electrons. The van der Waals surface area contributed by atoms with Crippen LogP contribution in [0.25, 0.3) is 11.4 Å². The van der Waals surface area contributed by atoms with Crippen molar-refractivity contribution in [1.29, 1.82) is 0 Å². The largest absolute Gasteiger partial charge is 0.357 e. The lowest BCUT2D eigenvalue weighted by atomic mass is 10.1. The number of rotatable bonds is 5. The number of hydrogen-bond acceptors (Lipinski definition) is 5. The van der Waals surface area contributed by atoms with Gasteiger partial charge in [-0.3, -0.25) is 0 Å². The molecule has 2 heterocycles. The number of urea groups is 1. The van der Waals surface area contributed by atoms with Crippen LogP contribution in [0.15, 0.2) is 33.8 Å². The van der Waals surface area contributed by atoms with Crippen molar-refractivity contribution in [1.82, 2.24) is 25.7 Å². The van der Waals surface area contributed by atoms with Crippen LogP contribution in [0.3, 0.4) is 0 Å². The number of carbonyl (C=O) groups excluding carboxylic acids is 1. The molecular formula is C18H25ClIN7O2. The normalized spacial score (nSPS) is 15.0. The summed E-state index contributed by atoms with van der Waals surface area (Å²) in [6.45, 7) is 4.27. The molecule has 1 aromatic heterocycles. The number of hydrogen-bond donors (Lipinski definition) is 3. The molecule has 0 saturated carbocycles. The van der Waals surface area contributed by atoms with E-state index in [-0.39, 0.29) is 42.6 Å². The molecule has 11 heteroatoms. The Balaban J connectivity index is 0.00000300. The third-order valence-electron chi connectivity index (χ3n) is 4.43. The van der Waals surface area contributed by atoms with Crippen molar-refractivity contribution in [2.24, 2.45) is 10.7 Å². The Morgan fingerprint density at radius 1 is 1.34 bits per heavy atom. The van der Waals surface area contributed by atoms with Crippen molar-refractivity contribution in [3.8, 4) is 11.4 Å². The molecular weight excluding hydrogens is 509 g/mol. The summed E-state index contributed by atoms with van der Waals surface area (Å²) in [5.41, 5.74) is 6.15. The summed E-state index contributed by atoms with van der Waals surface area (Å²) in [7, 11) is 0. The molecule has 9 nitrogen and oxygen atoms in total. The fraction of sp³-hybridized carbons (Fsp3) is 0.444. The average Bonchev–Trinajstić information content (AvgIpc) is 3.16. The number of halogens is 2. The van der Waals surface area contributed by atoms with Crippen LogP contribution in [0.2, 0.25) is 5.02 Å². The van der Waals surface area contributed by atoms with Crippen molar-refractivity contribution >= 4 is 47.6 Å². The zero-order chi connectivity index (χ0) is 19.9. The Hall–Kier alpha value is -2.08. The van der Waals surface area contributed by atoms with Gasteiger partial charge in [-0.25, -0.2) is 9.79 Å². The van der Waals surface area contributed by atoms with Crippen molar-refractivity contribution in [2.45, 2.75) is 32.4 Å². The van der Waals surface area contributed by atoms with Gasteiger partial charge in [0.05, 0.1) is 0 Å². The number of aromatic nitrogens is 2. The fourth-order valence-corrected chi connectivity index (χ4v) is 3.07. The Kier molecular flexibility index (Phi) is 8.96. The van der Waals surface area contributed by atoms with Gasteiger partial charge in [-0.1, -0.05) is 16.8 Å². The summed E-state index contributed by atoms with van der Waals surface area (Å²) in [4.78, 5) is 21.8. The summed E-state index contributed by atoms with van der Waals surface area (Å²) >= 11 is 5.90. The molecule has 1 aliphatic heterocycles. The first-order valence-electron chi connectivity index (χ1n) is 9.23. The quantitative estimate of drug-likeness (QED) is 0.309. The van der Waals surface area contributed by atoms with Crippen molar-refractivity contribution < 1.29 is 9.32 Å². The zero-order valence-electron chi connectivity index (χ0n) is 16.1. The predicted octanol–water partition coefficient (Wildman–Crippen LogP) is 2.61. The second-order valence-electron chi connectivity index (χ2n) is 6.46. The monoisotopic (exact) mass is 533 g/mol. The molecule has 1 saturated heterocycles. The van der Waals surface area contributed by atoms with Gasteiger partial charge in [0, 0.05) is 36.3 Å². The van der Waals surface area contributed by atoms with Gasteiger partial charge in [0.1, 0.15) is 6.54 Å². The summed E-state index contributed by atoms with van der Waals surface area (Å²) < 4.78 is 5.29. The molecule has 1 aromatic carbocycles. The Morgan fingerprint density at radius 2 is 2.03 bits per heavy atom. The van der Waals surface area contributed by atoms with Crippen LogP contribution in [0, 0.1) is 0 Å². The van der Waals surface area contributed by atoms with Gasteiger partial charge in [0.25, 0.3) is 0 Å². The number of carbonyl (C=O) groups is 1. The smallest absolute Gasteiger partial charge is 0.314 e. The number of benzene rings is 1. The van der Waals surface area contributed by atoms with Crippen LogP contribution < -0.4 is 16.4 Å². The third kappa shape index (κ3) is 6.74. The molecule has 0 aliphatic carbocycles. The van der Waals surface area contributed by atoms with Crippen molar-refractivity contribution in [3.05, 3.63) is 35.2 Å². The molecule has 2 aromatic rings. The van der Waals surface area contributed by atoms with Crippen LogP contribution >= 0.6 is 35.6 Å². The molecule has 1 aliphatic rings. The number of likely N-dealkylation sites (tertiary alicyclic amines) is 1. The lowest BCUT2D eigenvalue weighted by Gasteiger charge is -2.32. The molecule has 0 spiro atoms. The molecule has 1 fully saturated rings. The molecule has 0 radical (unpaired) electrons. The maximum Gasteiger partial charge on any atom is 0.314 e. The van der Waals surface area contributed by atoms with Gasteiger partial charge in [-0.05, 0) is 44.0 Å².